The second kappa shape index (κ2) is 7.17. The van der Waals surface area contributed by atoms with E-state index in [0.717, 1.165) is 38.4 Å². The van der Waals surface area contributed by atoms with E-state index in [-0.39, 0.29) is 0 Å². The van der Waals surface area contributed by atoms with Crippen molar-refractivity contribution >= 4 is 11.6 Å². The molecular formula is C19H28N2O. The van der Waals surface area contributed by atoms with Crippen molar-refractivity contribution in [2.24, 2.45) is 17.8 Å². The van der Waals surface area contributed by atoms with Crippen LogP contribution in [0.1, 0.15) is 39.0 Å². The molecule has 2 aliphatic rings. The monoisotopic (exact) mass is 300 g/mol. The van der Waals surface area contributed by atoms with Gasteiger partial charge in [0.15, 0.2) is 0 Å². The first-order valence-corrected chi connectivity index (χ1v) is 8.85. The van der Waals surface area contributed by atoms with Crippen LogP contribution in [0.2, 0.25) is 0 Å². The number of nitrogens with one attached hydrogen (secondary N) is 1. The number of fused-ring (bicyclic) bond motifs is 2. The van der Waals surface area contributed by atoms with Gasteiger partial charge in [0.05, 0.1) is 0 Å². The number of para-hydroxylation sites is 1. The Morgan fingerprint density at radius 2 is 2.05 bits per heavy atom. The number of hydrogen-bond acceptors (Lipinski definition) is 2. The molecule has 3 atom stereocenters. The van der Waals surface area contributed by atoms with Crippen molar-refractivity contribution in [3.8, 4) is 0 Å². The van der Waals surface area contributed by atoms with Crippen molar-refractivity contribution in [2.45, 2.75) is 39.0 Å². The van der Waals surface area contributed by atoms with Gasteiger partial charge in [-0.3, -0.25) is 4.79 Å². The van der Waals surface area contributed by atoms with Gasteiger partial charge in [0, 0.05) is 31.2 Å². The van der Waals surface area contributed by atoms with E-state index in [2.05, 4.69) is 41.4 Å². The first-order chi connectivity index (χ1) is 10.8. The third-order valence-corrected chi connectivity index (χ3v) is 5.48. The molecule has 3 heteroatoms. The molecule has 3 nitrogen and oxygen atoms in total. The zero-order chi connectivity index (χ0) is 15.4. The highest BCUT2D eigenvalue weighted by molar-refractivity contribution is 5.79. The van der Waals surface area contributed by atoms with E-state index in [1.807, 2.05) is 6.07 Å². The Morgan fingerprint density at radius 3 is 2.68 bits per heavy atom. The summed E-state index contributed by atoms with van der Waals surface area (Å²) < 4.78 is 0. The summed E-state index contributed by atoms with van der Waals surface area (Å²) >= 11 is 0. The van der Waals surface area contributed by atoms with Gasteiger partial charge in [0.25, 0.3) is 0 Å². The lowest BCUT2D eigenvalue weighted by Crippen LogP contribution is -2.35. The maximum absolute atomic E-state index is 12.3. The summed E-state index contributed by atoms with van der Waals surface area (Å²) in [6.45, 7) is 4.98. The number of carbonyl (C=O) groups excluding carboxylic acids is 1. The van der Waals surface area contributed by atoms with Crippen LogP contribution in [0.25, 0.3) is 0 Å². The van der Waals surface area contributed by atoms with Gasteiger partial charge in [-0.1, -0.05) is 24.6 Å². The Balaban J connectivity index is 1.39. The molecule has 2 bridgehead atoms. The molecule has 1 aromatic rings. The lowest BCUT2D eigenvalue weighted by Gasteiger charge is -2.24. The van der Waals surface area contributed by atoms with Crippen molar-refractivity contribution in [1.82, 2.24) is 5.32 Å². The second-order valence-corrected chi connectivity index (χ2v) is 6.84. The molecule has 0 spiro atoms. The molecule has 2 saturated carbocycles. The van der Waals surface area contributed by atoms with Crippen molar-refractivity contribution in [1.29, 1.82) is 0 Å². The summed E-state index contributed by atoms with van der Waals surface area (Å²) in [4.78, 5) is 14.7. The second-order valence-electron chi connectivity index (χ2n) is 6.84. The molecule has 1 N–H and O–H groups in total. The van der Waals surface area contributed by atoms with Crippen molar-refractivity contribution in [2.75, 3.05) is 24.5 Å². The van der Waals surface area contributed by atoms with Gasteiger partial charge in [-0.25, -0.2) is 0 Å². The van der Waals surface area contributed by atoms with Crippen LogP contribution in [-0.2, 0) is 4.79 Å². The van der Waals surface area contributed by atoms with E-state index in [1.54, 1.807) is 0 Å². The standard InChI is InChI=1S/C19H28N2O/c1-2-21(17-7-4-3-5-8-17)12-6-11-20-19(22)18-14-15-9-10-16(18)13-15/h3-5,7-8,15-16,18H,2,6,9-14H2,1H3,(H,20,22). The molecule has 0 saturated heterocycles. The number of anilines is 1. The zero-order valence-electron chi connectivity index (χ0n) is 13.6. The van der Waals surface area contributed by atoms with Gasteiger partial charge in [-0.2, -0.15) is 0 Å². The molecule has 2 aliphatic carbocycles. The minimum Gasteiger partial charge on any atom is -0.372 e. The van der Waals surface area contributed by atoms with Crippen molar-refractivity contribution in [3.05, 3.63) is 30.3 Å². The Kier molecular flexibility index (Phi) is 5.01. The van der Waals surface area contributed by atoms with Crippen LogP contribution in [0.5, 0.6) is 0 Å². The minimum absolute atomic E-state index is 0.315. The predicted molar refractivity (Wildman–Crippen MR) is 90.9 cm³/mol. The third-order valence-electron chi connectivity index (χ3n) is 5.48. The van der Waals surface area contributed by atoms with Crippen LogP contribution in [0.15, 0.2) is 30.3 Å². The molecule has 1 aromatic carbocycles. The highest BCUT2D eigenvalue weighted by Crippen LogP contribution is 2.48. The molecule has 120 valence electrons. The number of hydrogen-bond donors (Lipinski definition) is 1. The minimum atomic E-state index is 0.315. The first kappa shape index (κ1) is 15.4. The molecule has 22 heavy (non-hydrogen) atoms. The van der Waals surface area contributed by atoms with Crippen molar-refractivity contribution < 1.29 is 4.79 Å². The van der Waals surface area contributed by atoms with Crippen LogP contribution in [0.3, 0.4) is 0 Å². The van der Waals surface area contributed by atoms with E-state index in [4.69, 9.17) is 0 Å². The average Bonchev–Trinajstić information content (AvgIpc) is 3.18. The molecule has 1 amide bonds. The largest absolute Gasteiger partial charge is 0.372 e. The van der Waals surface area contributed by atoms with Gasteiger partial charge in [0.1, 0.15) is 0 Å². The van der Waals surface area contributed by atoms with Crippen LogP contribution < -0.4 is 10.2 Å². The quantitative estimate of drug-likeness (QED) is 0.782. The smallest absolute Gasteiger partial charge is 0.223 e. The summed E-state index contributed by atoms with van der Waals surface area (Å²) in [5.41, 5.74) is 1.27. The van der Waals surface area contributed by atoms with E-state index in [1.165, 1.54) is 24.9 Å². The summed E-state index contributed by atoms with van der Waals surface area (Å²) in [7, 11) is 0. The predicted octanol–water partition coefficient (Wildman–Crippen LogP) is 3.46. The Hall–Kier alpha value is -1.51. The third kappa shape index (κ3) is 3.45. The number of nitrogens with zero attached hydrogens (tertiary/aromatic N) is 1. The Bertz CT molecular complexity index is 487. The molecule has 3 unspecified atom stereocenters. The number of carbonyl (C=O) groups is 1. The van der Waals surface area contributed by atoms with Crippen LogP contribution in [0.4, 0.5) is 5.69 Å². The number of amides is 1. The lowest BCUT2D eigenvalue weighted by atomic mass is 9.88. The van der Waals surface area contributed by atoms with Crippen LogP contribution in [-0.4, -0.2) is 25.5 Å². The molecule has 0 heterocycles. The lowest BCUT2D eigenvalue weighted by molar-refractivity contribution is -0.126. The maximum atomic E-state index is 12.3. The number of benzene rings is 1. The van der Waals surface area contributed by atoms with E-state index < -0.39 is 0 Å². The molecule has 0 radical (unpaired) electrons. The SMILES string of the molecule is CCN(CCCNC(=O)C1CC2CCC1C2)c1ccccc1. The van der Waals surface area contributed by atoms with Crippen molar-refractivity contribution in [3.63, 3.8) is 0 Å². The zero-order valence-corrected chi connectivity index (χ0v) is 13.6. The fourth-order valence-electron chi connectivity index (χ4n) is 4.29. The summed E-state index contributed by atoms with van der Waals surface area (Å²) in [6.07, 6.45) is 6.09. The highest BCUT2D eigenvalue weighted by atomic mass is 16.1. The first-order valence-electron chi connectivity index (χ1n) is 8.85. The van der Waals surface area contributed by atoms with Gasteiger partial charge < -0.3 is 10.2 Å². The molecule has 0 aliphatic heterocycles. The van der Waals surface area contributed by atoms with E-state index in [0.29, 0.717) is 17.7 Å². The Labute approximate surface area is 134 Å². The highest BCUT2D eigenvalue weighted by Gasteiger charge is 2.42. The molecule has 0 aromatic heterocycles. The fraction of sp³-hybridized carbons (Fsp3) is 0.632. The summed E-state index contributed by atoms with van der Waals surface area (Å²) in [5, 5.41) is 3.17. The molecular weight excluding hydrogens is 272 g/mol. The number of rotatable bonds is 7. The summed E-state index contributed by atoms with van der Waals surface area (Å²) in [5.74, 6) is 2.15. The van der Waals surface area contributed by atoms with Gasteiger partial charge >= 0.3 is 0 Å². The molecule has 2 fully saturated rings. The van der Waals surface area contributed by atoms with Gasteiger partial charge in [-0.05, 0) is 56.6 Å². The molecule has 3 rings (SSSR count). The topological polar surface area (TPSA) is 32.3 Å². The maximum Gasteiger partial charge on any atom is 0.223 e. The van der Waals surface area contributed by atoms with E-state index in [9.17, 15) is 4.79 Å². The Morgan fingerprint density at radius 1 is 1.23 bits per heavy atom. The van der Waals surface area contributed by atoms with Gasteiger partial charge in [-0.15, -0.1) is 0 Å². The normalized spacial score (nSPS) is 26.1. The average molecular weight is 300 g/mol. The van der Waals surface area contributed by atoms with E-state index >= 15 is 0 Å². The van der Waals surface area contributed by atoms with Crippen LogP contribution >= 0.6 is 0 Å². The fourth-order valence-corrected chi connectivity index (χ4v) is 4.29. The van der Waals surface area contributed by atoms with Crippen LogP contribution in [0, 0.1) is 17.8 Å². The van der Waals surface area contributed by atoms with Gasteiger partial charge in [0.2, 0.25) is 5.91 Å². The summed E-state index contributed by atoms with van der Waals surface area (Å²) in [6, 6.07) is 10.5.